The molecule has 3 aromatic rings. The molecule has 4 rings (SSSR count). The Kier molecular flexibility index (Phi) is 6.49. The van der Waals surface area contributed by atoms with Gasteiger partial charge in [0.05, 0.1) is 40.2 Å². The van der Waals surface area contributed by atoms with Crippen molar-refractivity contribution in [3.05, 3.63) is 83.4 Å². The first-order chi connectivity index (χ1) is 16.1. The van der Waals surface area contributed by atoms with Crippen molar-refractivity contribution in [2.75, 3.05) is 28.4 Å². The highest BCUT2D eigenvalue weighted by atomic mass is 16.5. The molecule has 0 spiro atoms. The summed E-state index contributed by atoms with van der Waals surface area (Å²) in [7, 11) is 6.39. The molecule has 1 heterocycles. The fourth-order valence-electron chi connectivity index (χ4n) is 3.93. The summed E-state index contributed by atoms with van der Waals surface area (Å²) in [6.07, 6.45) is 0.511. The Hall–Kier alpha value is -4.00. The lowest BCUT2D eigenvalue weighted by atomic mass is 9.97. The number of hydrogen-bond donors (Lipinski definition) is 0. The van der Waals surface area contributed by atoms with Crippen LogP contribution >= 0.6 is 0 Å². The molecule has 3 aromatic carbocycles. The van der Waals surface area contributed by atoms with Crippen molar-refractivity contribution in [2.45, 2.75) is 12.5 Å². The summed E-state index contributed by atoms with van der Waals surface area (Å²) < 4.78 is 21.8. The zero-order chi connectivity index (χ0) is 23.4. The van der Waals surface area contributed by atoms with Crippen LogP contribution in [0.2, 0.25) is 0 Å². The third-order valence-electron chi connectivity index (χ3n) is 5.65. The standard InChI is InChI=1S/C26H26N2O5/c1-30-19-11-12-20(24(15-19)32-3)21-16-22(18-10-13-23(31-2)25(14-18)33-4)28(27-21)26(29)17-8-6-5-7-9-17/h5-15,22H,16H2,1-4H3/t22-/m1/s1. The average molecular weight is 447 g/mol. The van der Waals surface area contributed by atoms with Crippen LogP contribution in [0.4, 0.5) is 0 Å². The highest BCUT2D eigenvalue weighted by Gasteiger charge is 2.35. The van der Waals surface area contributed by atoms with Crippen molar-refractivity contribution in [2.24, 2.45) is 5.10 Å². The minimum absolute atomic E-state index is 0.183. The molecule has 7 heteroatoms. The normalized spacial score (nSPS) is 15.1. The monoisotopic (exact) mass is 446 g/mol. The predicted octanol–water partition coefficient (Wildman–Crippen LogP) is 4.71. The average Bonchev–Trinajstić information content (AvgIpc) is 3.33. The third kappa shape index (κ3) is 4.35. The Morgan fingerprint density at radius 2 is 1.55 bits per heavy atom. The van der Waals surface area contributed by atoms with Crippen molar-refractivity contribution in [1.82, 2.24) is 5.01 Å². The minimum atomic E-state index is -0.320. The summed E-state index contributed by atoms with van der Waals surface area (Å²) >= 11 is 0. The molecule has 0 aliphatic carbocycles. The van der Waals surface area contributed by atoms with Gasteiger partial charge in [0.15, 0.2) is 11.5 Å². The van der Waals surface area contributed by atoms with Gasteiger partial charge in [-0.05, 0) is 42.0 Å². The molecule has 33 heavy (non-hydrogen) atoms. The zero-order valence-corrected chi connectivity index (χ0v) is 19.1. The Balaban J connectivity index is 1.78. The summed E-state index contributed by atoms with van der Waals surface area (Å²) in [6, 6.07) is 20.0. The molecule has 0 saturated carbocycles. The van der Waals surface area contributed by atoms with E-state index in [9.17, 15) is 4.79 Å². The summed E-state index contributed by atoms with van der Waals surface area (Å²) in [5, 5.41) is 6.30. The van der Waals surface area contributed by atoms with Crippen LogP contribution < -0.4 is 18.9 Å². The number of benzene rings is 3. The van der Waals surface area contributed by atoms with E-state index in [1.165, 1.54) is 5.01 Å². The quantitative estimate of drug-likeness (QED) is 0.526. The van der Waals surface area contributed by atoms with Crippen LogP contribution in [0.3, 0.4) is 0 Å². The van der Waals surface area contributed by atoms with E-state index in [-0.39, 0.29) is 11.9 Å². The number of nitrogens with zero attached hydrogens (tertiary/aromatic N) is 2. The topological polar surface area (TPSA) is 69.6 Å². The van der Waals surface area contributed by atoms with Gasteiger partial charge >= 0.3 is 0 Å². The molecule has 1 aliphatic heterocycles. The van der Waals surface area contributed by atoms with Crippen LogP contribution in [-0.4, -0.2) is 45.1 Å². The molecular formula is C26H26N2O5. The van der Waals surface area contributed by atoms with Gasteiger partial charge in [-0.3, -0.25) is 4.79 Å². The molecule has 1 atom stereocenters. The number of hydrogen-bond acceptors (Lipinski definition) is 6. The molecule has 7 nitrogen and oxygen atoms in total. The van der Waals surface area contributed by atoms with Crippen molar-refractivity contribution >= 4 is 11.6 Å². The van der Waals surface area contributed by atoms with E-state index in [1.807, 2.05) is 54.6 Å². The van der Waals surface area contributed by atoms with Crippen molar-refractivity contribution in [3.8, 4) is 23.0 Å². The lowest BCUT2D eigenvalue weighted by Crippen LogP contribution is -2.27. The van der Waals surface area contributed by atoms with E-state index in [0.29, 0.717) is 35.0 Å². The maximum Gasteiger partial charge on any atom is 0.274 e. The second-order valence-electron chi connectivity index (χ2n) is 7.46. The van der Waals surface area contributed by atoms with Crippen LogP contribution in [0.5, 0.6) is 23.0 Å². The first-order valence-electron chi connectivity index (χ1n) is 10.5. The van der Waals surface area contributed by atoms with Gasteiger partial charge in [-0.1, -0.05) is 24.3 Å². The van der Waals surface area contributed by atoms with Crippen molar-refractivity contribution in [1.29, 1.82) is 0 Å². The van der Waals surface area contributed by atoms with E-state index in [0.717, 1.165) is 16.8 Å². The molecule has 1 aliphatic rings. The second kappa shape index (κ2) is 9.65. The second-order valence-corrected chi connectivity index (χ2v) is 7.46. The lowest BCUT2D eigenvalue weighted by Gasteiger charge is -2.23. The van der Waals surface area contributed by atoms with Crippen LogP contribution in [0, 0.1) is 0 Å². The molecule has 0 N–H and O–H groups in total. The maximum absolute atomic E-state index is 13.5. The number of carbonyl (C=O) groups is 1. The number of amides is 1. The van der Waals surface area contributed by atoms with Gasteiger partial charge in [-0.25, -0.2) is 5.01 Å². The number of ether oxygens (including phenoxy) is 4. The summed E-state index contributed by atoms with van der Waals surface area (Å²) in [6.45, 7) is 0. The number of hydrazone groups is 1. The van der Waals surface area contributed by atoms with Gasteiger partial charge in [-0.2, -0.15) is 5.10 Å². The Morgan fingerprint density at radius 1 is 0.818 bits per heavy atom. The molecule has 0 aromatic heterocycles. The largest absolute Gasteiger partial charge is 0.497 e. The summed E-state index contributed by atoms with van der Waals surface area (Å²) in [4.78, 5) is 13.5. The molecule has 0 saturated heterocycles. The van der Waals surface area contributed by atoms with Gasteiger partial charge in [0.25, 0.3) is 5.91 Å². The molecular weight excluding hydrogens is 420 g/mol. The lowest BCUT2D eigenvalue weighted by molar-refractivity contribution is 0.0711. The number of carbonyl (C=O) groups excluding carboxylic acids is 1. The molecule has 0 unspecified atom stereocenters. The smallest absolute Gasteiger partial charge is 0.274 e. The van der Waals surface area contributed by atoms with Gasteiger partial charge in [-0.15, -0.1) is 0 Å². The zero-order valence-electron chi connectivity index (χ0n) is 19.1. The van der Waals surface area contributed by atoms with Gasteiger partial charge < -0.3 is 18.9 Å². The highest BCUT2D eigenvalue weighted by molar-refractivity contribution is 6.06. The van der Waals surface area contributed by atoms with Crippen LogP contribution in [0.15, 0.2) is 71.8 Å². The van der Waals surface area contributed by atoms with Crippen molar-refractivity contribution < 1.29 is 23.7 Å². The number of methoxy groups -OCH3 is 4. The highest BCUT2D eigenvalue weighted by Crippen LogP contribution is 2.39. The van der Waals surface area contributed by atoms with E-state index in [1.54, 1.807) is 40.6 Å². The van der Waals surface area contributed by atoms with E-state index in [2.05, 4.69) is 0 Å². The van der Waals surface area contributed by atoms with Crippen molar-refractivity contribution in [3.63, 3.8) is 0 Å². The Labute approximate surface area is 193 Å². The predicted molar refractivity (Wildman–Crippen MR) is 126 cm³/mol. The molecule has 0 radical (unpaired) electrons. The van der Waals surface area contributed by atoms with Crippen LogP contribution in [0.1, 0.15) is 33.9 Å². The van der Waals surface area contributed by atoms with E-state index >= 15 is 0 Å². The van der Waals surface area contributed by atoms with E-state index in [4.69, 9.17) is 24.0 Å². The maximum atomic E-state index is 13.5. The fraction of sp³-hybridized carbons (Fsp3) is 0.231. The first kappa shape index (κ1) is 22.2. The molecule has 170 valence electrons. The third-order valence-corrected chi connectivity index (χ3v) is 5.65. The first-order valence-corrected chi connectivity index (χ1v) is 10.5. The minimum Gasteiger partial charge on any atom is -0.497 e. The van der Waals surface area contributed by atoms with Gasteiger partial charge in [0.1, 0.15) is 11.5 Å². The molecule has 0 fully saturated rings. The summed E-state index contributed by atoms with van der Waals surface area (Å²) in [5.41, 5.74) is 3.02. The fourth-order valence-corrected chi connectivity index (χ4v) is 3.93. The Morgan fingerprint density at radius 3 is 2.21 bits per heavy atom. The van der Waals surface area contributed by atoms with Crippen LogP contribution in [0.25, 0.3) is 0 Å². The van der Waals surface area contributed by atoms with Gasteiger partial charge in [0.2, 0.25) is 0 Å². The van der Waals surface area contributed by atoms with Crippen LogP contribution in [-0.2, 0) is 0 Å². The Bertz CT molecular complexity index is 1180. The van der Waals surface area contributed by atoms with E-state index < -0.39 is 0 Å². The number of rotatable bonds is 7. The summed E-state index contributed by atoms with van der Waals surface area (Å²) in [5.74, 6) is 2.35. The molecule has 0 bridgehead atoms. The molecule has 1 amide bonds. The van der Waals surface area contributed by atoms with Gasteiger partial charge in [0, 0.05) is 23.6 Å². The SMILES string of the molecule is COc1ccc(C2=NN(C(=O)c3ccccc3)[C@@H](c3ccc(OC)c(OC)c3)C2)c(OC)c1.